The highest BCUT2D eigenvalue weighted by atomic mass is 79.9. The predicted octanol–water partition coefficient (Wildman–Crippen LogP) is 5.41. The van der Waals surface area contributed by atoms with Crippen molar-refractivity contribution in [3.63, 3.8) is 0 Å². The van der Waals surface area contributed by atoms with Gasteiger partial charge in [0.2, 0.25) is 5.78 Å². The summed E-state index contributed by atoms with van der Waals surface area (Å²) in [6.07, 6.45) is -0.636. The number of carbonyl (C=O) groups is 1. The Labute approximate surface area is 135 Å². The molecule has 0 spiro atoms. The fraction of sp³-hybridized carbons (Fsp3) is 0.133. The summed E-state index contributed by atoms with van der Waals surface area (Å²) >= 11 is 15.2. The van der Waals surface area contributed by atoms with Crippen LogP contribution in [0.5, 0.6) is 5.75 Å². The van der Waals surface area contributed by atoms with Crippen LogP contribution >= 0.6 is 39.1 Å². The molecule has 0 aliphatic heterocycles. The third kappa shape index (κ3) is 3.75. The molecule has 2 aromatic carbocycles. The maximum atomic E-state index is 12.3. The van der Waals surface area contributed by atoms with E-state index in [9.17, 15) is 4.79 Å². The molecule has 2 aromatic rings. The van der Waals surface area contributed by atoms with Crippen LogP contribution in [0.2, 0.25) is 10.0 Å². The lowest BCUT2D eigenvalue weighted by Crippen LogP contribution is -2.24. The number of rotatable bonds is 4. The van der Waals surface area contributed by atoms with Crippen molar-refractivity contribution in [2.45, 2.75) is 13.0 Å². The van der Waals surface area contributed by atoms with Crippen LogP contribution in [0.4, 0.5) is 0 Å². The van der Waals surface area contributed by atoms with E-state index in [1.165, 1.54) is 0 Å². The van der Waals surface area contributed by atoms with Gasteiger partial charge in [-0.1, -0.05) is 45.2 Å². The maximum Gasteiger partial charge on any atom is 0.204 e. The zero-order chi connectivity index (χ0) is 14.7. The van der Waals surface area contributed by atoms with Crippen LogP contribution in [0.15, 0.2) is 46.9 Å². The van der Waals surface area contributed by atoms with Gasteiger partial charge in [0.05, 0.1) is 5.02 Å². The molecule has 0 aliphatic carbocycles. The van der Waals surface area contributed by atoms with Crippen molar-refractivity contribution in [2.75, 3.05) is 0 Å². The molecule has 0 fully saturated rings. The second-order valence-electron chi connectivity index (χ2n) is 4.21. The van der Waals surface area contributed by atoms with Crippen molar-refractivity contribution >= 4 is 44.9 Å². The third-order valence-electron chi connectivity index (χ3n) is 2.67. The average Bonchev–Trinajstić information content (AvgIpc) is 2.38. The Balaban J connectivity index is 2.16. The number of ketones is 1. The van der Waals surface area contributed by atoms with E-state index in [-0.39, 0.29) is 5.78 Å². The maximum absolute atomic E-state index is 12.3. The topological polar surface area (TPSA) is 26.3 Å². The Hall–Kier alpha value is -1.03. The van der Waals surface area contributed by atoms with Gasteiger partial charge in [-0.25, -0.2) is 0 Å². The lowest BCUT2D eigenvalue weighted by Gasteiger charge is -2.14. The first-order valence-electron chi connectivity index (χ1n) is 5.89. The molecule has 2 rings (SSSR count). The zero-order valence-corrected chi connectivity index (χ0v) is 13.7. The summed E-state index contributed by atoms with van der Waals surface area (Å²) < 4.78 is 6.51. The van der Waals surface area contributed by atoms with Crippen LogP contribution in [-0.4, -0.2) is 11.9 Å². The third-order valence-corrected chi connectivity index (χ3v) is 3.72. The fourth-order valence-electron chi connectivity index (χ4n) is 1.71. The van der Waals surface area contributed by atoms with Gasteiger partial charge in [0, 0.05) is 15.1 Å². The van der Waals surface area contributed by atoms with E-state index in [1.807, 2.05) is 12.1 Å². The lowest BCUT2D eigenvalue weighted by molar-refractivity contribution is 0.0818. The van der Waals surface area contributed by atoms with E-state index in [4.69, 9.17) is 27.9 Å². The molecule has 0 saturated heterocycles. The fourth-order valence-corrected chi connectivity index (χ4v) is 2.59. The normalized spacial score (nSPS) is 12.0. The largest absolute Gasteiger partial charge is 0.483 e. The minimum absolute atomic E-state index is 0.188. The molecule has 104 valence electrons. The van der Waals surface area contributed by atoms with E-state index in [0.717, 1.165) is 4.47 Å². The lowest BCUT2D eigenvalue weighted by atomic mass is 10.1. The Kier molecular flexibility index (Phi) is 5.08. The van der Waals surface area contributed by atoms with Crippen LogP contribution < -0.4 is 4.74 Å². The molecule has 0 bridgehead atoms. The molecule has 1 unspecified atom stereocenters. The van der Waals surface area contributed by atoms with E-state index >= 15 is 0 Å². The van der Waals surface area contributed by atoms with Crippen molar-refractivity contribution < 1.29 is 9.53 Å². The van der Waals surface area contributed by atoms with Gasteiger partial charge in [0.15, 0.2) is 6.10 Å². The number of carbonyl (C=O) groups excluding carboxylic acids is 1. The second kappa shape index (κ2) is 6.61. The second-order valence-corrected chi connectivity index (χ2v) is 5.97. The van der Waals surface area contributed by atoms with Gasteiger partial charge in [0.1, 0.15) is 5.75 Å². The monoisotopic (exact) mass is 372 g/mol. The first-order valence-corrected chi connectivity index (χ1v) is 7.44. The first kappa shape index (κ1) is 15.4. The van der Waals surface area contributed by atoms with Gasteiger partial charge in [-0.05, 0) is 43.3 Å². The van der Waals surface area contributed by atoms with Gasteiger partial charge >= 0.3 is 0 Å². The summed E-state index contributed by atoms with van der Waals surface area (Å²) in [6, 6.07) is 12.1. The Morgan fingerprint density at radius 3 is 2.60 bits per heavy atom. The summed E-state index contributed by atoms with van der Waals surface area (Å²) in [5, 5.41) is 0.819. The standard InChI is InChI=1S/C15H11BrCl2O2/c1-9(20-12-4-2-3-10(16)7-12)15(19)13-6-5-11(17)8-14(13)18/h2-9H,1H3. The van der Waals surface area contributed by atoms with Crippen LogP contribution in [0, 0.1) is 0 Å². The van der Waals surface area contributed by atoms with Gasteiger partial charge in [0.25, 0.3) is 0 Å². The molecule has 5 heteroatoms. The number of hydrogen-bond donors (Lipinski definition) is 0. The molecule has 0 aliphatic rings. The average molecular weight is 374 g/mol. The van der Waals surface area contributed by atoms with Gasteiger partial charge in [-0.2, -0.15) is 0 Å². The van der Waals surface area contributed by atoms with Crippen molar-refractivity contribution in [1.29, 1.82) is 0 Å². The van der Waals surface area contributed by atoms with E-state index in [2.05, 4.69) is 15.9 Å². The van der Waals surface area contributed by atoms with Crippen LogP contribution in [0.1, 0.15) is 17.3 Å². The smallest absolute Gasteiger partial charge is 0.204 e. The summed E-state index contributed by atoms with van der Waals surface area (Å²) in [6.45, 7) is 1.69. The summed E-state index contributed by atoms with van der Waals surface area (Å²) in [7, 11) is 0. The molecule has 0 radical (unpaired) electrons. The Morgan fingerprint density at radius 2 is 1.95 bits per heavy atom. The van der Waals surface area contributed by atoms with Gasteiger partial charge in [-0.15, -0.1) is 0 Å². The molecule has 0 N–H and O–H groups in total. The molecule has 0 saturated carbocycles. The zero-order valence-electron chi connectivity index (χ0n) is 10.6. The molecule has 0 aromatic heterocycles. The highest BCUT2D eigenvalue weighted by molar-refractivity contribution is 9.10. The van der Waals surface area contributed by atoms with Crippen molar-refractivity contribution in [1.82, 2.24) is 0 Å². The van der Waals surface area contributed by atoms with Crippen LogP contribution in [0.25, 0.3) is 0 Å². The number of hydrogen-bond acceptors (Lipinski definition) is 2. The van der Waals surface area contributed by atoms with Gasteiger partial charge < -0.3 is 4.74 Å². The SMILES string of the molecule is CC(Oc1cccc(Br)c1)C(=O)c1ccc(Cl)cc1Cl. The number of ether oxygens (including phenoxy) is 1. The van der Waals surface area contributed by atoms with Crippen molar-refractivity contribution in [2.24, 2.45) is 0 Å². The highest BCUT2D eigenvalue weighted by Crippen LogP contribution is 2.24. The molecule has 0 heterocycles. The first-order chi connectivity index (χ1) is 9.47. The van der Waals surface area contributed by atoms with E-state index in [0.29, 0.717) is 21.4 Å². The Bertz CT molecular complexity index is 644. The van der Waals surface area contributed by atoms with Crippen molar-refractivity contribution in [3.05, 3.63) is 62.5 Å². The predicted molar refractivity (Wildman–Crippen MR) is 85.0 cm³/mol. The quantitative estimate of drug-likeness (QED) is 0.670. The van der Waals surface area contributed by atoms with E-state index < -0.39 is 6.10 Å². The van der Waals surface area contributed by atoms with Crippen LogP contribution in [0.3, 0.4) is 0 Å². The molecule has 0 amide bonds. The minimum atomic E-state index is -0.636. The molecule has 20 heavy (non-hydrogen) atoms. The number of halogens is 3. The molecular formula is C15H11BrCl2O2. The van der Waals surface area contributed by atoms with Crippen LogP contribution in [-0.2, 0) is 0 Å². The van der Waals surface area contributed by atoms with Crippen molar-refractivity contribution in [3.8, 4) is 5.75 Å². The summed E-state index contributed by atoms with van der Waals surface area (Å²) in [5.74, 6) is 0.428. The number of benzene rings is 2. The number of Topliss-reactive ketones (excluding diaryl/α,β-unsaturated/α-hetero) is 1. The Morgan fingerprint density at radius 1 is 1.20 bits per heavy atom. The highest BCUT2D eigenvalue weighted by Gasteiger charge is 2.19. The summed E-state index contributed by atoms with van der Waals surface area (Å²) in [5.41, 5.74) is 0.401. The summed E-state index contributed by atoms with van der Waals surface area (Å²) in [4.78, 5) is 12.3. The molecule has 1 atom stereocenters. The van der Waals surface area contributed by atoms with E-state index in [1.54, 1.807) is 37.3 Å². The minimum Gasteiger partial charge on any atom is -0.483 e. The molecular weight excluding hydrogens is 363 g/mol. The van der Waals surface area contributed by atoms with Gasteiger partial charge in [-0.3, -0.25) is 4.79 Å². The molecule has 2 nitrogen and oxygen atoms in total.